The van der Waals surface area contributed by atoms with Crippen molar-refractivity contribution in [1.29, 1.82) is 0 Å². The quantitative estimate of drug-likeness (QED) is 0.794. The maximum atomic E-state index is 13.1. The van der Waals surface area contributed by atoms with Gasteiger partial charge in [0.1, 0.15) is 17.1 Å². The fourth-order valence-electron chi connectivity index (χ4n) is 4.64. The molecule has 1 spiro atoms. The largest absolute Gasteiger partial charge is 0.496 e. The number of aliphatic hydroxyl groups is 1. The fraction of sp³-hybridized carbons (Fsp3) is 0.480. The summed E-state index contributed by atoms with van der Waals surface area (Å²) in [6.45, 7) is 7.61. The van der Waals surface area contributed by atoms with E-state index < -0.39 is 11.7 Å². The number of nitrogens with zero attached hydrogens (tertiary/aromatic N) is 1. The summed E-state index contributed by atoms with van der Waals surface area (Å²) in [5, 5.41) is 10.6. The maximum absolute atomic E-state index is 13.1. The summed E-state index contributed by atoms with van der Waals surface area (Å²) < 4.78 is 11.9. The molecule has 1 amide bonds. The van der Waals surface area contributed by atoms with Gasteiger partial charge < -0.3 is 19.5 Å². The van der Waals surface area contributed by atoms with Gasteiger partial charge in [0, 0.05) is 43.5 Å². The number of carbonyl (C=O) groups is 1. The third-order valence-electron chi connectivity index (χ3n) is 6.39. The minimum Gasteiger partial charge on any atom is -0.496 e. The van der Waals surface area contributed by atoms with Crippen molar-refractivity contribution in [3.63, 3.8) is 0 Å². The number of hydrogen-bond donors (Lipinski definition) is 1. The van der Waals surface area contributed by atoms with E-state index in [0.29, 0.717) is 37.9 Å². The summed E-state index contributed by atoms with van der Waals surface area (Å²) in [7, 11) is 1.65. The second-order valence-corrected chi connectivity index (χ2v) is 9.50. The number of benzene rings is 2. The van der Waals surface area contributed by atoms with Crippen LogP contribution in [0.15, 0.2) is 42.5 Å². The molecule has 1 atom stereocenters. The monoisotopic (exact) mass is 409 g/mol. The molecule has 30 heavy (non-hydrogen) atoms. The normalized spacial score (nSPS) is 20.4. The van der Waals surface area contributed by atoms with Crippen LogP contribution in [0, 0.1) is 0 Å². The van der Waals surface area contributed by atoms with Gasteiger partial charge in [0.05, 0.1) is 13.2 Å². The van der Waals surface area contributed by atoms with E-state index in [1.807, 2.05) is 47.4 Å². The Balaban J connectivity index is 1.48. The van der Waals surface area contributed by atoms with Crippen LogP contribution in [0.4, 0.5) is 0 Å². The van der Waals surface area contributed by atoms with Gasteiger partial charge in [-0.2, -0.15) is 0 Å². The summed E-state index contributed by atoms with van der Waals surface area (Å²) >= 11 is 0. The molecule has 1 fully saturated rings. The lowest BCUT2D eigenvalue weighted by molar-refractivity contribution is -0.0495. The van der Waals surface area contributed by atoms with Crippen LogP contribution in [0.3, 0.4) is 0 Å². The minimum absolute atomic E-state index is 0.0142. The lowest BCUT2D eigenvalue weighted by Crippen LogP contribution is -2.51. The van der Waals surface area contributed by atoms with Crippen LogP contribution in [-0.2, 0) is 5.41 Å². The molecule has 5 heteroatoms. The Bertz CT molecular complexity index is 938. The number of carbonyl (C=O) groups excluding carboxylic acids is 1. The van der Waals surface area contributed by atoms with E-state index in [2.05, 4.69) is 20.8 Å². The number of hydrogen-bond acceptors (Lipinski definition) is 4. The number of amides is 1. The van der Waals surface area contributed by atoms with Crippen molar-refractivity contribution in [1.82, 2.24) is 4.90 Å². The highest BCUT2D eigenvalue weighted by Gasteiger charge is 2.43. The lowest BCUT2D eigenvalue weighted by Gasteiger charge is -2.46. The average molecular weight is 410 g/mol. The number of piperidine rings is 1. The van der Waals surface area contributed by atoms with Gasteiger partial charge in [-0.25, -0.2) is 0 Å². The molecule has 2 aromatic rings. The molecule has 1 unspecified atom stereocenters. The molecule has 0 bridgehead atoms. The van der Waals surface area contributed by atoms with Crippen molar-refractivity contribution in [2.75, 3.05) is 20.2 Å². The Morgan fingerprint density at radius 2 is 1.87 bits per heavy atom. The molecule has 160 valence electrons. The third-order valence-corrected chi connectivity index (χ3v) is 6.39. The summed E-state index contributed by atoms with van der Waals surface area (Å²) in [6, 6.07) is 13.4. The zero-order valence-electron chi connectivity index (χ0n) is 18.3. The highest BCUT2D eigenvalue weighted by Crippen LogP contribution is 2.44. The number of likely N-dealkylation sites (tertiary alicyclic amines) is 1. The van der Waals surface area contributed by atoms with Crippen LogP contribution in [-0.4, -0.2) is 41.7 Å². The van der Waals surface area contributed by atoms with Crippen LogP contribution in [0.1, 0.15) is 67.6 Å². The number of ether oxygens (including phenoxy) is 2. The highest BCUT2D eigenvalue weighted by atomic mass is 16.5. The summed E-state index contributed by atoms with van der Waals surface area (Å²) in [6.07, 6.45) is 1.47. The average Bonchev–Trinajstić information content (AvgIpc) is 2.72. The first kappa shape index (κ1) is 20.7. The number of methoxy groups -OCH3 is 1. The third kappa shape index (κ3) is 3.79. The van der Waals surface area contributed by atoms with Gasteiger partial charge in [0.25, 0.3) is 5.91 Å². The fourth-order valence-corrected chi connectivity index (χ4v) is 4.64. The second kappa shape index (κ2) is 7.62. The Kier molecular flexibility index (Phi) is 5.27. The first-order valence-electron chi connectivity index (χ1n) is 10.7. The molecule has 5 nitrogen and oxygen atoms in total. The molecular formula is C25H31NO4. The zero-order chi connectivity index (χ0) is 21.5. The van der Waals surface area contributed by atoms with Crippen LogP contribution < -0.4 is 9.47 Å². The Morgan fingerprint density at radius 1 is 1.17 bits per heavy atom. The molecule has 2 aliphatic heterocycles. The Labute approximate surface area is 178 Å². The van der Waals surface area contributed by atoms with E-state index >= 15 is 0 Å². The van der Waals surface area contributed by atoms with Gasteiger partial charge in [0.15, 0.2) is 0 Å². The van der Waals surface area contributed by atoms with Crippen LogP contribution in [0.2, 0.25) is 0 Å². The van der Waals surface area contributed by atoms with E-state index in [4.69, 9.17) is 9.47 Å². The van der Waals surface area contributed by atoms with Gasteiger partial charge >= 0.3 is 0 Å². The SMILES string of the molecule is COc1cc(C(=O)N2CCC3(CC2)CC(O)c2ccccc2O3)ccc1C(C)(C)C. The molecule has 0 saturated carbocycles. The molecule has 1 N–H and O–H groups in total. The Morgan fingerprint density at radius 3 is 2.53 bits per heavy atom. The van der Waals surface area contributed by atoms with Crippen molar-refractivity contribution < 1.29 is 19.4 Å². The van der Waals surface area contributed by atoms with E-state index in [9.17, 15) is 9.90 Å². The van der Waals surface area contributed by atoms with Crippen LogP contribution in [0.25, 0.3) is 0 Å². The number of aliphatic hydroxyl groups excluding tert-OH is 1. The van der Waals surface area contributed by atoms with Gasteiger partial charge in [-0.05, 0) is 29.2 Å². The van der Waals surface area contributed by atoms with Gasteiger partial charge in [-0.1, -0.05) is 45.0 Å². The smallest absolute Gasteiger partial charge is 0.253 e. The van der Waals surface area contributed by atoms with Crippen LogP contribution >= 0.6 is 0 Å². The first-order chi connectivity index (χ1) is 14.2. The molecule has 2 aliphatic rings. The van der Waals surface area contributed by atoms with Crippen molar-refractivity contribution in [2.24, 2.45) is 0 Å². The van der Waals surface area contributed by atoms with Crippen molar-refractivity contribution >= 4 is 5.91 Å². The van der Waals surface area contributed by atoms with Crippen molar-refractivity contribution in [3.8, 4) is 11.5 Å². The maximum Gasteiger partial charge on any atom is 0.253 e. The lowest BCUT2D eigenvalue weighted by atomic mass is 9.81. The molecular weight excluding hydrogens is 378 g/mol. The minimum atomic E-state index is -0.522. The summed E-state index contributed by atoms with van der Waals surface area (Å²) in [4.78, 5) is 15.0. The van der Waals surface area contributed by atoms with E-state index in [-0.39, 0.29) is 11.3 Å². The van der Waals surface area contributed by atoms with Gasteiger partial charge in [0.2, 0.25) is 0 Å². The molecule has 0 radical (unpaired) electrons. The van der Waals surface area contributed by atoms with Gasteiger partial charge in [-0.3, -0.25) is 4.79 Å². The predicted molar refractivity (Wildman–Crippen MR) is 116 cm³/mol. The van der Waals surface area contributed by atoms with E-state index in [1.54, 1.807) is 7.11 Å². The molecule has 4 rings (SSSR count). The standard InChI is InChI=1S/C25H31NO4/c1-24(2,3)19-10-9-17(15-22(19)29-4)23(28)26-13-11-25(12-14-26)16-20(27)18-7-5-6-8-21(18)30-25/h5-10,15,20,27H,11-14,16H2,1-4H3. The topological polar surface area (TPSA) is 59.0 Å². The van der Waals surface area contributed by atoms with Crippen molar-refractivity contribution in [3.05, 3.63) is 59.2 Å². The van der Waals surface area contributed by atoms with Crippen molar-refractivity contribution in [2.45, 2.75) is 57.2 Å². The Hall–Kier alpha value is -2.53. The van der Waals surface area contributed by atoms with E-state index in [0.717, 1.165) is 22.6 Å². The van der Waals surface area contributed by atoms with Crippen LogP contribution in [0.5, 0.6) is 11.5 Å². The predicted octanol–water partition coefficient (Wildman–Crippen LogP) is 4.48. The zero-order valence-corrected chi connectivity index (χ0v) is 18.3. The van der Waals surface area contributed by atoms with Gasteiger partial charge in [-0.15, -0.1) is 0 Å². The summed E-state index contributed by atoms with van der Waals surface area (Å²) in [5.41, 5.74) is 2.12. The highest BCUT2D eigenvalue weighted by molar-refractivity contribution is 5.95. The molecule has 2 aromatic carbocycles. The molecule has 0 aliphatic carbocycles. The molecule has 1 saturated heterocycles. The number of rotatable bonds is 2. The van der Waals surface area contributed by atoms with E-state index in [1.165, 1.54) is 0 Å². The number of para-hydroxylation sites is 1. The first-order valence-corrected chi connectivity index (χ1v) is 10.7. The molecule has 2 heterocycles. The summed E-state index contributed by atoms with van der Waals surface area (Å²) in [5.74, 6) is 1.52. The number of fused-ring (bicyclic) bond motifs is 1. The molecule has 0 aromatic heterocycles. The second-order valence-electron chi connectivity index (χ2n) is 9.50.